The summed E-state index contributed by atoms with van der Waals surface area (Å²) in [4.78, 5) is 23.5. The number of nitrogens with two attached hydrogens (primary N) is 1. The van der Waals surface area contributed by atoms with E-state index in [1.54, 1.807) is 12.1 Å². The minimum Gasteiger partial charge on any atom is -0.382 e. The molecule has 2 amide bonds. The van der Waals surface area contributed by atoms with E-state index < -0.39 is 11.9 Å². The molecular weight excluding hydrogens is 256 g/mol. The molecule has 0 saturated heterocycles. The van der Waals surface area contributed by atoms with Gasteiger partial charge in [0, 0.05) is 18.7 Å². The first-order valence-corrected chi connectivity index (χ1v) is 6.71. The number of anilines is 2. The molecule has 5 N–H and O–H groups in total. The largest absolute Gasteiger partial charge is 0.382 e. The summed E-state index contributed by atoms with van der Waals surface area (Å²) in [6.45, 7) is 5.35. The van der Waals surface area contributed by atoms with Crippen molar-refractivity contribution in [1.29, 1.82) is 0 Å². The average Bonchev–Trinajstić information content (AvgIpc) is 2.43. The van der Waals surface area contributed by atoms with Gasteiger partial charge in [0.15, 0.2) is 0 Å². The number of amides is 2. The molecule has 1 aromatic rings. The number of carbonyl (C=O) groups excluding carboxylic acids is 2. The number of benzene rings is 1. The van der Waals surface area contributed by atoms with E-state index in [9.17, 15) is 9.59 Å². The average molecular weight is 276 g/mol. The minimum atomic E-state index is -0.662. The summed E-state index contributed by atoms with van der Waals surface area (Å²) < 4.78 is 0. The van der Waals surface area contributed by atoms with Gasteiger partial charge in [0.25, 0.3) is 5.91 Å². The SMILES string of the molecule is CC(C)C(NC(=O)c1ccc2c(c1)NCCN2)C(N)=O. The van der Waals surface area contributed by atoms with Crippen LogP contribution in [0, 0.1) is 5.92 Å². The van der Waals surface area contributed by atoms with Gasteiger partial charge in [0.2, 0.25) is 5.91 Å². The van der Waals surface area contributed by atoms with Crippen molar-refractivity contribution in [2.24, 2.45) is 11.7 Å². The molecule has 0 spiro atoms. The van der Waals surface area contributed by atoms with Crippen molar-refractivity contribution >= 4 is 23.2 Å². The van der Waals surface area contributed by atoms with Crippen molar-refractivity contribution in [2.45, 2.75) is 19.9 Å². The molecule has 6 nitrogen and oxygen atoms in total. The summed E-state index contributed by atoms with van der Waals surface area (Å²) >= 11 is 0. The zero-order valence-electron chi connectivity index (χ0n) is 11.7. The molecule has 6 heteroatoms. The van der Waals surface area contributed by atoms with Gasteiger partial charge in [-0.05, 0) is 24.1 Å². The quantitative estimate of drug-likeness (QED) is 0.653. The summed E-state index contributed by atoms with van der Waals surface area (Å²) in [6.07, 6.45) is 0. The summed E-state index contributed by atoms with van der Waals surface area (Å²) in [5, 5.41) is 9.14. The second kappa shape index (κ2) is 5.81. The van der Waals surface area contributed by atoms with E-state index in [-0.39, 0.29) is 11.8 Å². The van der Waals surface area contributed by atoms with Crippen LogP contribution < -0.4 is 21.7 Å². The van der Waals surface area contributed by atoms with Crippen molar-refractivity contribution < 1.29 is 9.59 Å². The van der Waals surface area contributed by atoms with Gasteiger partial charge in [-0.2, -0.15) is 0 Å². The zero-order valence-corrected chi connectivity index (χ0v) is 11.7. The molecular formula is C14H20N4O2. The van der Waals surface area contributed by atoms with Gasteiger partial charge in [0.1, 0.15) is 6.04 Å². The highest BCUT2D eigenvalue weighted by atomic mass is 16.2. The number of fused-ring (bicyclic) bond motifs is 1. The van der Waals surface area contributed by atoms with E-state index in [0.29, 0.717) is 5.56 Å². The Bertz CT molecular complexity index is 528. The number of primary amides is 1. The zero-order chi connectivity index (χ0) is 14.7. The van der Waals surface area contributed by atoms with Gasteiger partial charge in [-0.15, -0.1) is 0 Å². The van der Waals surface area contributed by atoms with Crippen LogP contribution in [0.25, 0.3) is 0 Å². The van der Waals surface area contributed by atoms with E-state index >= 15 is 0 Å². The molecule has 2 rings (SSSR count). The fourth-order valence-corrected chi connectivity index (χ4v) is 2.17. The first-order valence-electron chi connectivity index (χ1n) is 6.71. The van der Waals surface area contributed by atoms with Gasteiger partial charge >= 0.3 is 0 Å². The number of nitrogens with one attached hydrogen (secondary N) is 3. The van der Waals surface area contributed by atoms with Crippen LogP contribution in [0.15, 0.2) is 18.2 Å². The Balaban J connectivity index is 2.15. The molecule has 1 atom stereocenters. The Hall–Kier alpha value is -2.24. The van der Waals surface area contributed by atoms with Gasteiger partial charge in [-0.1, -0.05) is 13.8 Å². The lowest BCUT2D eigenvalue weighted by atomic mass is 10.0. The highest BCUT2D eigenvalue weighted by Crippen LogP contribution is 2.25. The second-order valence-corrected chi connectivity index (χ2v) is 5.21. The molecule has 0 aliphatic carbocycles. The van der Waals surface area contributed by atoms with Crippen LogP contribution in [-0.2, 0) is 4.79 Å². The van der Waals surface area contributed by atoms with Gasteiger partial charge < -0.3 is 21.7 Å². The fraction of sp³-hybridized carbons (Fsp3) is 0.429. The predicted octanol–water partition coefficient (Wildman–Crippen LogP) is 0.764. The third-order valence-electron chi connectivity index (χ3n) is 3.30. The fourth-order valence-electron chi connectivity index (χ4n) is 2.17. The molecule has 0 bridgehead atoms. The second-order valence-electron chi connectivity index (χ2n) is 5.21. The molecule has 0 saturated carbocycles. The molecule has 0 fully saturated rings. The Labute approximate surface area is 118 Å². The van der Waals surface area contributed by atoms with Crippen LogP contribution in [-0.4, -0.2) is 30.9 Å². The lowest BCUT2D eigenvalue weighted by Gasteiger charge is -2.22. The maximum absolute atomic E-state index is 12.2. The van der Waals surface area contributed by atoms with Crippen molar-refractivity contribution in [1.82, 2.24) is 5.32 Å². The molecule has 1 aliphatic rings. The monoisotopic (exact) mass is 276 g/mol. The standard InChI is InChI=1S/C14H20N4O2/c1-8(2)12(13(15)19)18-14(20)9-3-4-10-11(7-9)17-6-5-16-10/h3-4,7-8,12,16-17H,5-6H2,1-2H3,(H2,15,19)(H,18,20). The summed E-state index contributed by atoms with van der Waals surface area (Å²) in [7, 11) is 0. The predicted molar refractivity (Wildman–Crippen MR) is 78.7 cm³/mol. The van der Waals surface area contributed by atoms with Crippen molar-refractivity contribution in [3.63, 3.8) is 0 Å². The van der Waals surface area contributed by atoms with E-state index in [2.05, 4.69) is 16.0 Å². The van der Waals surface area contributed by atoms with E-state index in [1.165, 1.54) is 0 Å². The first-order chi connectivity index (χ1) is 9.49. The van der Waals surface area contributed by atoms with Crippen LogP contribution in [0.5, 0.6) is 0 Å². The molecule has 1 aliphatic heterocycles. The van der Waals surface area contributed by atoms with Crippen LogP contribution >= 0.6 is 0 Å². The van der Waals surface area contributed by atoms with Crippen LogP contribution in [0.2, 0.25) is 0 Å². The van der Waals surface area contributed by atoms with Gasteiger partial charge in [0.05, 0.1) is 11.4 Å². The minimum absolute atomic E-state index is 0.0473. The van der Waals surface area contributed by atoms with E-state index in [1.807, 2.05) is 19.9 Å². The molecule has 1 unspecified atom stereocenters. The number of rotatable bonds is 4. The van der Waals surface area contributed by atoms with E-state index in [4.69, 9.17) is 5.73 Å². The van der Waals surface area contributed by atoms with Crippen molar-refractivity contribution in [2.75, 3.05) is 23.7 Å². The molecule has 1 heterocycles. The Morgan fingerprint density at radius 1 is 1.20 bits per heavy atom. The molecule has 108 valence electrons. The highest BCUT2D eigenvalue weighted by molar-refractivity contribution is 5.99. The van der Waals surface area contributed by atoms with Crippen molar-refractivity contribution in [3.8, 4) is 0 Å². The number of carbonyl (C=O) groups is 2. The van der Waals surface area contributed by atoms with Crippen molar-refractivity contribution in [3.05, 3.63) is 23.8 Å². The van der Waals surface area contributed by atoms with Gasteiger partial charge in [-0.25, -0.2) is 0 Å². The normalized spacial score (nSPS) is 14.8. The summed E-state index contributed by atoms with van der Waals surface area (Å²) in [6, 6.07) is 4.69. The van der Waals surface area contributed by atoms with Crippen LogP contribution in [0.3, 0.4) is 0 Å². The maximum Gasteiger partial charge on any atom is 0.252 e. The number of hydrogen-bond acceptors (Lipinski definition) is 4. The maximum atomic E-state index is 12.2. The topological polar surface area (TPSA) is 96.2 Å². The van der Waals surface area contributed by atoms with Crippen LogP contribution in [0.4, 0.5) is 11.4 Å². The number of hydrogen-bond donors (Lipinski definition) is 4. The first kappa shape index (κ1) is 14.2. The third kappa shape index (κ3) is 3.01. The third-order valence-corrected chi connectivity index (χ3v) is 3.30. The Morgan fingerprint density at radius 3 is 2.45 bits per heavy atom. The Kier molecular flexibility index (Phi) is 4.12. The summed E-state index contributed by atoms with van der Waals surface area (Å²) in [5.74, 6) is -0.863. The lowest BCUT2D eigenvalue weighted by molar-refractivity contribution is -0.120. The smallest absolute Gasteiger partial charge is 0.252 e. The molecule has 20 heavy (non-hydrogen) atoms. The molecule has 0 aromatic heterocycles. The van der Waals surface area contributed by atoms with E-state index in [0.717, 1.165) is 24.5 Å². The Morgan fingerprint density at radius 2 is 1.85 bits per heavy atom. The summed E-state index contributed by atoms with van der Waals surface area (Å²) in [5.41, 5.74) is 7.67. The van der Waals surface area contributed by atoms with Crippen LogP contribution in [0.1, 0.15) is 24.2 Å². The van der Waals surface area contributed by atoms with Gasteiger partial charge in [-0.3, -0.25) is 9.59 Å². The molecule has 1 aromatic carbocycles. The lowest BCUT2D eigenvalue weighted by Crippen LogP contribution is -2.47. The highest BCUT2D eigenvalue weighted by Gasteiger charge is 2.22. The molecule has 0 radical (unpaired) electrons.